The summed E-state index contributed by atoms with van der Waals surface area (Å²) in [5, 5.41) is 4.01. The average molecular weight is 303 g/mol. The molecule has 5 heteroatoms. The van der Waals surface area contributed by atoms with Crippen LogP contribution in [0.3, 0.4) is 0 Å². The van der Waals surface area contributed by atoms with Gasteiger partial charge in [-0.05, 0) is 43.2 Å². The molecule has 2 aromatic rings. The van der Waals surface area contributed by atoms with E-state index in [1.165, 1.54) is 11.3 Å². The minimum absolute atomic E-state index is 0.0554. The second-order valence-corrected chi connectivity index (χ2v) is 7.61. The van der Waals surface area contributed by atoms with Gasteiger partial charge in [-0.1, -0.05) is 13.8 Å². The average Bonchev–Trinajstić information content (AvgIpc) is 2.79. The fraction of sp³-hybridized carbons (Fsp3) is 0.500. The zero-order valence-corrected chi connectivity index (χ0v) is 13.3. The molecule has 112 valence electrons. The van der Waals surface area contributed by atoms with E-state index >= 15 is 0 Å². The lowest BCUT2D eigenvalue weighted by Crippen LogP contribution is -2.39. The lowest BCUT2D eigenvalue weighted by atomic mass is 9.75. The van der Waals surface area contributed by atoms with Crippen LogP contribution in [0.1, 0.15) is 49.2 Å². The zero-order chi connectivity index (χ0) is 15.0. The van der Waals surface area contributed by atoms with Crippen LogP contribution in [0.2, 0.25) is 0 Å². The van der Waals surface area contributed by atoms with Crippen LogP contribution in [0.15, 0.2) is 18.3 Å². The molecule has 1 fully saturated rings. The van der Waals surface area contributed by atoms with Crippen molar-refractivity contribution in [2.75, 3.05) is 5.73 Å². The topological polar surface area (TPSA) is 68.0 Å². The van der Waals surface area contributed by atoms with Gasteiger partial charge in [-0.15, -0.1) is 11.3 Å². The second-order valence-electron chi connectivity index (χ2n) is 6.61. The fourth-order valence-corrected chi connectivity index (χ4v) is 3.88. The number of anilines is 1. The van der Waals surface area contributed by atoms with Gasteiger partial charge < -0.3 is 11.1 Å². The van der Waals surface area contributed by atoms with E-state index in [4.69, 9.17) is 5.73 Å². The molecule has 1 saturated carbocycles. The number of carbonyl (C=O) groups excluding carboxylic acids is 1. The zero-order valence-electron chi connectivity index (χ0n) is 12.5. The normalized spacial score (nSPS) is 18.8. The van der Waals surface area contributed by atoms with Crippen molar-refractivity contribution >= 4 is 33.1 Å². The Hall–Kier alpha value is -1.62. The standard InChI is InChI=1S/C16H21N3OS/c1-16(2)7-5-10(6-8-16)19-14(20)13-12(17)11-4-3-9-18-15(11)21-13/h3-4,9-10H,5-8,17H2,1-2H3,(H,19,20). The van der Waals surface area contributed by atoms with Gasteiger partial charge in [-0.3, -0.25) is 4.79 Å². The predicted octanol–water partition coefficient (Wildman–Crippen LogP) is 3.58. The van der Waals surface area contributed by atoms with Crippen LogP contribution >= 0.6 is 11.3 Å². The smallest absolute Gasteiger partial charge is 0.263 e. The molecule has 0 unspecified atom stereocenters. The Labute approximate surface area is 128 Å². The van der Waals surface area contributed by atoms with Gasteiger partial charge in [0.15, 0.2) is 0 Å². The molecule has 0 aliphatic heterocycles. The van der Waals surface area contributed by atoms with Gasteiger partial charge in [0.25, 0.3) is 5.91 Å². The Morgan fingerprint density at radius 2 is 2.14 bits per heavy atom. The third-order valence-electron chi connectivity index (χ3n) is 4.39. The Morgan fingerprint density at radius 3 is 2.81 bits per heavy atom. The summed E-state index contributed by atoms with van der Waals surface area (Å²) in [5.41, 5.74) is 7.05. The highest BCUT2D eigenvalue weighted by atomic mass is 32.1. The van der Waals surface area contributed by atoms with Crippen LogP contribution in [0.25, 0.3) is 10.2 Å². The Bertz CT molecular complexity index is 667. The molecule has 0 aromatic carbocycles. The van der Waals surface area contributed by atoms with E-state index in [9.17, 15) is 4.79 Å². The molecule has 0 atom stereocenters. The van der Waals surface area contributed by atoms with Crippen molar-refractivity contribution in [2.45, 2.75) is 45.6 Å². The SMILES string of the molecule is CC1(C)CCC(NC(=O)c2sc3ncccc3c2N)CC1. The number of fused-ring (bicyclic) bond motifs is 1. The minimum Gasteiger partial charge on any atom is -0.397 e. The van der Waals surface area contributed by atoms with E-state index in [0.29, 0.717) is 16.0 Å². The fourth-order valence-electron chi connectivity index (χ4n) is 2.91. The van der Waals surface area contributed by atoms with Gasteiger partial charge in [0.05, 0.1) is 5.69 Å². The molecule has 2 heterocycles. The van der Waals surface area contributed by atoms with Crippen molar-refractivity contribution in [1.82, 2.24) is 10.3 Å². The number of thiophene rings is 1. The number of nitrogens with zero attached hydrogens (tertiary/aromatic N) is 1. The molecule has 4 nitrogen and oxygen atoms in total. The molecule has 21 heavy (non-hydrogen) atoms. The number of hydrogen-bond donors (Lipinski definition) is 2. The van der Waals surface area contributed by atoms with Crippen molar-refractivity contribution in [3.63, 3.8) is 0 Å². The summed E-state index contributed by atoms with van der Waals surface area (Å²) in [7, 11) is 0. The number of pyridine rings is 1. The van der Waals surface area contributed by atoms with Crippen molar-refractivity contribution in [3.8, 4) is 0 Å². The lowest BCUT2D eigenvalue weighted by molar-refractivity contribution is 0.0914. The summed E-state index contributed by atoms with van der Waals surface area (Å²) in [6, 6.07) is 4.02. The Morgan fingerprint density at radius 1 is 1.43 bits per heavy atom. The molecule has 0 saturated heterocycles. The van der Waals surface area contributed by atoms with Gasteiger partial charge in [-0.25, -0.2) is 4.98 Å². The summed E-state index contributed by atoms with van der Waals surface area (Å²) in [6.07, 6.45) is 6.12. The monoisotopic (exact) mass is 303 g/mol. The highest BCUT2D eigenvalue weighted by Crippen LogP contribution is 2.36. The van der Waals surface area contributed by atoms with Crippen LogP contribution in [0.5, 0.6) is 0 Å². The summed E-state index contributed by atoms with van der Waals surface area (Å²) in [5.74, 6) is -0.0554. The molecule has 0 radical (unpaired) electrons. The lowest BCUT2D eigenvalue weighted by Gasteiger charge is -2.34. The number of carbonyl (C=O) groups is 1. The van der Waals surface area contributed by atoms with Gasteiger partial charge in [-0.2, -0.15) is 0 Å². The van der Waals surface area contributed by atoms with Crippen molar-refractivity contribution in [2.24, 2.45) is 5.41 Å². The highest BCUT2D eigenvalue weighted by molar-refractivity contribution is 7.21. The highest BCUT2D eigenvalue weighted by Gasteiger charge is 2.28. The maximum Gasteiger partial charge on any atom is 0.263 e. The van der Waals surface area contributed by atoms with E-state index in [1.807, 2.05) is 12.1 Å². The third-order valence-corrected chi connectivity index (χ3v) is 5.51. The minimum atomic E-state index is -0.0554. The number of amides is 1. The van der Waals surface area contributed by atoms with Crippen LogP contribution in [0, 0.1) is 5.41 Å². The summed E-state index contributed by atoms with van der Waals surface area (Å²) >= 11 is 1.37. The first kappa shape index (κ1) is 14.3. The van der Waals surface area contributed by atoms with Crippen molar-refractivity contribution < 1.29 is 4.79 Å². The summed E-state index contributed by atoms with van der Waals surface area (Å²) in [6.45, 7) is 4.58. The first-order valence-electron chi connectivity index (χ1n) is 7.40. The molecule has 2 aromatic heterocycles. The maximum absolute atomic E-state index is 12.5. The summed E-state index contributed by atoms with van der Waals surface area (Å²) < 4.78 is 0. The van der Waals surface area contributed by atoms with E-state index in [1.54, 1.807) is 6.20 Å². The molecule has 1 aliphatic carbocycles. The van der Waals surface area contributed by atoms with Gasteiger partial charge >= 0.3 is 0 Å². The van der Waals surface area contributed by atoms with Crippen LogP contribution in [0.4, 0.5) is 5.69 Å². The molecule has 1 amide bonds. The first-order chi connectivity index (χ1) is 9.96. The molecule has 1 aliphatic rings. The molecule has 0 bridgehead atoms. The van der Waals surface area contributed by atoms with Crippen molar-refractivity contribution in [3.05, 3.63) is 23.2 Å². The Kier molecular flexibility index (Phi) is 3.61. The number of rotatable bonds is 2. The summed E-state index contributed by atoms with van der Waals surface area (Å²) in [4.78, 5) is 18.1. The van der Waals surface area contributed by atoms with Crippen LogP contribution in [-0.2, 0) is 0 Å². The van der Waals surface area contributed by atoms with E-state index in [0.717, 1.165) is 35.9 Å². The van der Waals surface area contributed by atoms with Crippen LogP contribution in [-0.4, -0.2) is 16.9 Å². The first-order valence-corrected chi connectivity index (χ1v) is 8.22. The molecule has 3 N–H and O–H groups in total. The van der Waals surface area contributed by atoms with E-state index < -0.39 is 0 Å². The van der Waals surface area contributed by atoms with Gasteiger partial charge in [0.2, 0.25) is 0 Å². The number of nitrogens with two attached hydrogens (primary N) is 1. The van der Waals surface area contributed by atoms with Crippen LogP contribution < -0.4 is 11.1 Å². The van der Waals surface area contributed by atoms with Crippen molar-refractivity contribution in [1.29, 1.82) is 0 Å². The van der Waals surface area contributed by atoms with Gasteiger partial charge in [0.1, 0.15) is 9.71 Å². The predicted molar refractivity (Wildman–Crippen MR) is 87.5 cm³/mol. The Balaban J connectivity index is 1.74. The largest absolute Gasteiger partial charge is 0.397 e. The molecular weight excluding hydrogens is 282 g/mol. The van der Waals surface area contributed by atoms with E-state index in [2.05, 4.69) is 24.1 Å². The molecule has 0 spiro atoms. The quantitative estimate of drug-likeness (QED) is 0.891. The number of nitrogens with one attached hydrogen (secondary N) is 1. The van der Waals surface area contributed by atoms with E-state index in [-0.39, 0.29) is 11.9 Å². The molecular formula is C16H21N3OS. The number of nitrogen functional groups attached to an aromatic ring is 1. The third kappa shape index (κ3) is 2.88. The maximum atomic E-state index is 12.5. The second kappa shape index (κ2) is 5.30. The van der Waals surface area contributed by atoms with Gasteiger partial charge in [0, 0.05) is 17.6 Å². The number of hydrogen-bond acceptors (Lipinski definition) is 4. The molecule has 3 rings (SSSR count). The number of aromatic nitrogens is 1.